The molecule has 2 N–H and O–H groups in total. The number of carboxylic acid groups (broad SMARTS) is 1. The van der Waals surface area contributed by atoms with Gasteiger partial charge in [-0.3, -0.25) is 9.48 Å². The average molecular weight is 449 g/mol. The van der Waals surface area contributed by atoms with E-state index in [-0.39, 0.29) is 17.0 Å². The molecule has 2 fully saturated rings. The first kappa shape index (κ1) is 21.2. The fourth-order valence-electron chi connectivity index (χ4n) is 4.37. The van der Waals surface area contributed by atoms with E-state index in [1.165, 1.54) is 31.7 Å². The molecule has 2 aromatic carbocycles. The zero-order valence-corrected chi connectivity index (χ0v) is 18.2. The molecule has 8 heteroatoms. The molecule has 2 aliphatic carbocycles. The molecule has 0 spiro atoms. The molecule has 2 saturated carbocycles. The summed E-state index contributed by atoms with van der Waals surface area (Å²) in [4.78, 5) is 25.1. The number of ether oxygens (including phenoxy) is 1. The van der Waals surface area contributed by atoms with Crippen LogP contribution in [0.3, 0.4) is 0 Å². The minimum atomic E-state index is -1.10. The molecule has 33 heavy (non-hydrogen) atoms. The Morgan fingerprint density at radius 3 is 2.64 bits per heavy atom. The maximum Gasteiger partial charge on any atom is 0.336 e. The molecular formula is C25H24FN3O4. The number of halogens is 1. The number of aromatic carboxylic acids is 1. The van der Waals surface area contributed by atoms with Gasteiger partial charge in [0.1, 0.15) is 11.6 Å². The molecule has 0 bridgehead atoms. The summed E-state index contributed by atoms with van der Waals surface area (Å²) in [5, 5.41) is 17.0. The number of carbonyl (C=O) groups excluding carboxylic acids is 1. The smallest absolute Gasteiger partial charge is 0.336 e. The SMILES string of the molecule is COc1ccc(F)c(C2(C(=O)Nc3ccc(-c4cnn(C5CCC5)c4)c(C(=O)O)c3)CC2)c1. The van der Waals surface area contributed by atoms with Crippen LogP contribution in [0, 0.1) is 5.82 Å². The van der Waals surface area contributed by atoms with E-state index in [2.05, 4.69) is 10.4 Å². The molecule has 1 heterocycles. The largest absolute Gasteiger partial charge is 0.497 e. The van der Waals surface area contributed by atoms with Crippen molar-refractivity contribution in [1.29, 1.82) is 0 Å². The molecule has 2 aliphatic rings. The lowest BCUT2D eigenvalue weighted by Gasteiger charge is -2.25. The van der Waals surface area contributed by atoms with Gasteiger partial charge in [-0.2, -0.15) is 5.10 Å². The van der Waals surface area contributed by atoms with Crippen molar-refractivity contribution in [2.24, 2.45) is 0 Å². The van der Waals surface area contributed by atoms with Gasteiger partial charge in [-0.25, -0.2) is 9.18 Å². The Morgan fingerprint density at radius 2 is 2.00 bits per heavy atom. The Bertz CT molecular complexity index is 1240. The third-order valence-corrected chi connectivity index (χ3v) is 6.74. The van der Waals surface area contributed by atoms with Gasteiger partial charge < -0.3 is 15.2 Å². The molecular weight excluding hydrogens is 425 g/mol. The van der Waals surface area contributed by atoms with E-state index in [1.807, 2.05) is 10.9 Å². The number of carboxylic acids is 1. The van der Waals surface area contributed by atoms with Crippen LogP contribution in [-0.2, 0) is 10.2 Å². The topological polar surface area (TPSA) is 93.5 Å². The number of hydrogen-bond acceptors (Lipinski definition) is 4. The lowest BCUT2D eigenvalue weighted by atomic mass is 9.93. The molecule has 0 saturated heterocycles. The van der Waals surface area contributed by atoms with E-state index < -0.39 is 17.2 Å². The predicted octanol–water partition coefficient (Wildman–Crippen LogP) is 4.79. The standard InChI is InChI=1S/C25H24FN3O4/c1-33-18-6-8-22(26)21(12-18)25(9-10-25)24(32)28-16-5-7-19(20(11-16)23(30)31)15-13-27-29(14-15)17-3-2-4-17/h5-8,11-14,17H,2-4,9-10H2,1H3,(H,28,32)(H,30,31). The number of methoxy groups -OCH3 is 1. The third kappa shape index (κ3) is 3.75. The Morgan fingerprint density at radius 1 is 1.21 bits per heavy atom. The summed E-state index contributed by atoms with van der Waals surface area (Å²) in [6, 6.07) is 9.50. The molecule has 3 aromatic rings. The molecule has 0 atom stereocenters. The number of hydrogen-bond donors (Lipinski definition) is 2. The minimum absolute atomic E-state index is 0.0679. The lowest BCUT2D eigenvalue weighted by Crippen LogP contribution is -2.29. The number of aromatic nitrogens is 2. The zero-order chi connectivity index (χ0) is 23.2. The number of anilines is 1. The maximum absolute atomic E-state index is 14.5. The van der Waals surface area contributed by atoms with Gasteiger partial charge >= 0.3 is 5.97 Å². The monoisotopic (exact) mass is 449 g/mol. The van der Waals surface area contributed by atoms with Crippen molar-refractivity contribution in [2.75, 3.05) is 12.4 Å². The summed E-state index contributed by atoms with van der Waals surface area (Å²) in [6.45, 7) is 0. The van der Waals surface area contributed by atoms with Crippen LogP contribution in [0.5, 0.6) is 5.75 Å². The van der Waals surface area contributed by atoms with E-state index in [0.717, 1.165) is 12.8 Å². The summed E-state index contributed by atoms with van der Waals surface area (Å²) < 4.78 is 21.6. The average Bonchev–Trinajstić information content (AvgIpc) is 3.45. The number of rotatable bonds is 7. The second kappa shape index (κ2) is 8.03. The molecule has 1 amide bonds. The van der Waals surface area contributed by atoms with Crippen molar-refractivity contribution < 1.29 is 23.8 Å². The van der Waals surface area contributed by atoms with Gasteiger partial charge in [0, 0.05) is 23.0 Å². The van der Waals surface area contributed by atoms with E-state index >= 15 is 0 Å². The van der Waals surface area contributed by atoms with Crippen LogP contribution in [0.25, 0.3) is 11.1 Å². The highest BCUT2D eigenvalue weighted by molar-refractivity contribution is 6.03. The highest BCUT2D eigenvalue weighted by Gasteiger charge is 2.53. The minimum Gasteiger partial charge on any atom is -0.497 e. The van der Waals surface area contributed by atoms with Gasteiger partial charge in [0.2, 0.25) is 5.91 Å². The fourth-order valence-corrected chi connectivity index (χ4v) is 4.37. The van der Waals surface area contributed by atoms with Crippen molar-refractivity contribution in [1.82, 2.24) is 9.78 Å². The van der Waals surface area contributed by atoms with E-state index in [0.29, 0.717) is 41.4 Å². The van der Waals surface area contributed by atoms with Crippen LogP contribution >= 0.6 is 0 Å². The van der Waals surface area contributed by atoms with Crippen LogP contribution in [0.4, 0.5) is 10.1 Å². The molecule has 170 valence electrons. The fraction of sp³-hybridized carbons (Fsp3) is 0.320. The number of nitrogens with zero attached hydrogens (tertiary/aromatic N) is 2. The number of benzene rings is 2. The van der Waals surface area contributed by atoms with E-state index in [9.17, 15) is 19.1 Å². The predicted molar refractivity (Wildman–Crippen MR) is 120 cm³/mol. The Hall–Kier alpha value is -3.68. The third-order valence-electron chi connectivity index (χ3n) is 6.74. The van der Waals surface area contributed by atoms with Crippen molar-refractivity contribution in [2.45, 2.75) is 43.6 Å². The van der Waals surface area contributed by atoms with Crippen molar-refractivity contribution >= 4 is 17.6 Å². The highest BCUT2D eigenvalue weighted by Crippen LogP contribution is 2.50. The highest BCUT2D eigenvalue weighted by atomic mass is 19.1. The number of carbonyl (C=O) groups is 2. The van der Waals surface area contributed by atoms with E-state index in [4.69, 9.17) is 4.74 Å². The Balaban J connectivity index is 1.41. The Kier molecular flexibility index (Phi) is 5.15. The zero-order valence-electron chi connectivity index (χ0n) is 18.2. The quantitative estimate of drug-likeness (QED) is 0.541. The van der Waals surface area contributed by atoms with Crippen LogP contribution in [0.15, 0.2) is 48.8 Å². The summed E-state index contributed by atoms with van der Waals surface area (Å²) in [6.07, 6.45) is 7.88. The van der Waals surface area contributed by atoms with Crippen molar-refractivity contribution in [3.05, 3.63) is 65.7 Å². The van der Waals surface area contributed by atoms with Crippen LogP contribution in [-0.4, -0.2) is 33.9 Å². The van der Waals surface area contributed by atoms with Crippen LogP contribution in [0.2, 0.25) is 0 Å². The first-order valence-corrected chi connectivity index (χ1v) is 11.0. The molecule has 0 aliphatic heterocycles. The molecule has 0 radical (unpaired) electrons. The Labute approximate surface area is 190 Å². The summed E-state index contributed by atoms with van der Waals surface area (Å²) in [5.74, 6) is -1.45. The van der Waals surface area contributed by atoms with Gasteiger partial charge in [-0.1, -0.05) is 6.07 Å². The summed E-state index contributed by atoms with van der Waals surface area (Å²) in [5.41, 5.74) is 0.976. The normalized spacial score (nSPS) is 16.7. The number of nitrogens with one attached hydrogen (secondary N) is 1. The summed E-state index contributed by atoms with van der Waals surface area (Å²) in [7, 11) is 1.49. The van der Waals surface area contributed by atoms with Gasteiger partial charge in [0.25, 0.3) is 0 Å². The molecule has 1 aromatic heterocycles. The molecule has 7 nitrogen and oxygen atoms in total. The van der Waals surface area contributed by atoms with Crippen molar-refractivity contribution in [3.8, 4) is 16.9 Å². The van der Waals surface area contributed by atoms with Crippen molar-refractivity contribution in [3.63, 3.8) is 0 Å². The van der Waals surface area contributed by atoms with Gasteiger partial charge in [-0.15, -0.1) is 0 Å². The second-order valence-corrected chi connectivity index (χ2v) is 8.74. The van der Waals surface area contributed by atoms with Crippen LogP contribution < -0.4 is 10.1 Å². The second-order valence-electron chi connectivity index (χ2n) is 8.74. The lowest BCUT2D eigenvalue weighted by molar-refractivity contribution is -0.118. The first-order chi connectivity index (χ1) is 15.9. The maximum atomic E-state index is 14.5. The summed E-state index contributed by atoms with van der Waals surface area (Å²) >= 11 is 0. The first-order valence-electron chi connectivity index (χ1n) is 11.0. The van der Waals surface area contributed by atoms with Gasteiger partial charge in [0.15, 0.2) is 0 Å². The van der Waals surface area contributed by atoms with E-state index in [1.54, 1.807) is 24.4 Å². The molecule has 5 rings (SSSR count). The van der Waals surface area contributed by atoms with Gasteiger partial charge in [0.05, 0.1) is 30.3 Å². The van der Waals surface area contributed by atoms with Crippen LogP contribution in [0.1, 0.15) is 54.1 Å². The van der Waals surface area contributed by atoms with Gasteiger partial charge in [-0.05, 0) is 68.0 Å². The number of amides is 1. The molecule has 0 unspecified atom stereocenters.